The first kappa shape index (κ1) is 19.4. The second-order valence-electron chi connectivity index (χ2n) is 7.51. The van der Waals surface area contributed by atoms with Gasteiger partial charge in [0.25, 0.3) is 5.91 Å². The molecule has 0 saturated carbocycles. The number of aromatic nitrogens is 1. The van der Waals surface area contributed by atoms with E-state index < -0.39 is 5.60 Å². The molecule has 4 rings (SSSR count). The summed E-state index contributed by atoms with van der Waals surface area (Å²) in [6, 6.07) is 13.2. The highest BCUT2D eigenvalue weighted by atomic mass is 32.1. The molecule has 1 aromatic carbocycles. The molecule has 150 valence electrons. The highest BCUT2D eigenvalue weighted by Crippen LogP contribution is 2.40. The lowest BCUT2D eigenvalue weighted by Gasteiger charge is -2.21. The minimum absolute atomic E-state index is 0.0283. The number of nitrogens with zero attached hydrogens (tertiary/aromatic N) is 2. The van der Waals surface area contributed by atoms with Gasteiger partial charge in [-0.25, -0.2) is 0 Å². The number of aliphatic hydroxyl groups is 1. The summed E-state index contributed by atoms with van der Waals surface area (Å²) >= 11 is 1.47. The van der Waals surface area contributed by atoms with Gasteiger partial charge in [-0.2, -0.15) is 0 Å². The zero-order valence-corrected chi connectivity index (χ0v) is 17.3. The summed E-state index contributed by atoms with van der Waals surface area (Å²) in [7, 11) is 1.55. The fourth-order valence-corrected chi connectivity index (χ4v) is 4.23. The molecule has 7 heteroatoms. The van der Waals surface area contributed by atoms with Crippen molar-refractivity contribution < 1.29 is 19.4 Å². The molecule has 29 heavy (non-hydrogen) atoms. The Morgan fingerprint density at radius 3 is 2.69 bits per heavy atom. The van der Waals surface area contributed by atoms with E-state index in [4.69, 9.17) is 9.47 Å². The lowest BCUT2D eigenvalue weighted by Crippen LogP contribution is -2.28. The van der Waals surface area contributed by atoms with Gasteiger partial charge in [0.15, 0.2) is 11.5 Å². The Morgan fingerprint density at radius 2 is 2.03 bits per heavy atom. The molecule has 3 aromatic rings. The fraction of sp³-hybridized carbons (Fsp3) is 0.273. The standard InChI is InChI=1S/C22H22N2O4S/c1-22(2,26)13-28-17-8-7-15(11-18(17)27-3)24-12-14-10-19(29-20(14)21(24)25)16-6-4-5-9-23-16/h4-11,26H,12-13H2,1-3H3. The van der Waals surface area contributed by atoms with Crippen LogP contribution in [0.1, 0.15) is 29.1 Å². The van der Waals surface area contributed by atoms with Crippen LogP contribution in [0, 0.1) is 0 Å². The predicted molar refractivity (Wildman–Crippen MR) is 113 cm³/mol. The molecule has 0 aliphatic carbocycles. The molecule has 0 spiro atoms. The van der Waals surface area contributed by atoms with Crippen LogP contribution in [0.4, 0.5) is 5.69 Å². The molecule has 1 aliphatic rings. The lowest BCUT2D eigenvalue weighted by molar-refractivity contribution is 0.0276. The minimum atomic E-state index is -0.950. The molecule has 6 nitrogen and oxygen atoms in total. The van der Waals surface area contributed by atoms with Gasteiger partial charge in [-0.3, -0.25) is 9.78 Å². The van der Waals surface area contributed by atoms with E-state index in [9.17, 15) is 9.90 Å². The van der Waals surface area contributed by atoms with Crippen molar-refractivity contribution in [3.05, 3.63) is 59.1 Å². The van der Waals surface area contributed by atoms with Gasteiger partial charge in [0.1, 0.15) is 6.61 Å². The molecule has 0 atom stereocenters. The van der Waals surface area contributed by atoms with Crippen LogP contribution < -0.4 is 14.4 Å². The van der Waals surface area contributed by atoms with E-state index in [1.54, 1.807) is 44.2 Å². The van der Waals surface area contributed by atoms with Crippen LogP contribution in [0.25, 0.3) is 10.6 Å². The molecule has 2 aromatic heterocycles. The third-order valence-electron chi connectivity index (χ3n) is 4.53. The van der Waals surface area contributed by atoms with Gasteiger partial charge >= 0.3 is 0 Å². The number of rotatable bonds is 6. The molecule has 1 amide bonds. The third kappa shape index (κ3) is 3.97. The van der Waals surface area contributed by atoms with Crippen molar-refractivity contribution in [3.8, 4) is 22.1 Å². The van der Waals surface area contributed by atoms with Crippen molar-refractivity contribution in [2.24, 2.45) is 0 Å². The summed E-state index contributed by atoms with van der Waals surface area (Å²) < 4.78 is 11.1. The first-order valence-corrected chi connectivity index (χ1v) is 10.1. The van der Waals surface area contributed by atoms with Crippen molar-refractivity contribution in [2.75, 3.05) is 18.6 Å². The highest BCUT2D eigenvalue weighted by molar-refractivity contribution is 7.17. The molecule has 3 heterocycles. The molecular weight excluding hydrogens is 388 g/mol. The maximum absolute atomic E-state index is 13.0. The summed E-state index contributed by atoms with van der Waals surface area (Å²) in [5, 5.41) is 9.86. The molecule has 1 N–H and O–H groups in total. The average molecular weight is 410 g/mol. The second kappa shape index (κ2) is 7.50. The van der Waals surface area contributed by atoms with Crippen molar-refractivity contribution in [1.82, 2.24) is 4.98 Å². The zero-order chi connectivity index (χ0) is 20.6. The number of thiophene rings is 1. The molecule has 1 aliphatic heterocycles. The molecule has 0 fully saturated rings. The minimum Gasteiger partial charge on any atom is -0.493 e. The van der Waals surface area contributed by atoms with E-state index in [-0.39, 0.29) is 12.5 Å². The maximum Gasteiger partial charge on any atom is 0.269 e. The zero-order valence-electron chi connectivity index (χ0n) is 16.5. The number of methoxy groups -OCH3 is 1. The Hall–Kier alpha value is -2.90. The number of hydrogen-bond acceptors (Lipinski definition) is 6. The van der Waals surface area contributed by atoms with Crippen LogP contribution in [0.5, 0.6) is 11.5 Å². The number of carbonyl (C=O) groups excluding carboxylic acids is 1. The average Bonchev–Trinajstić information content (AvgIpc) is 3.26. The van der Waals surface area contributed by atoms with E-state index in [1.807, 2.05) is 30.3 Å². The van der Waals surface area contributed by atoms with Crippen LogP contribution in [0.15, 0.2) is 48.7 Å². The highest BCUT2D eigenvalue weighted by Gasteiger charge is 2.32. The van der Waals surface area contributed by atoms with Gasteiger partial charge in [0.05, 0.1) is 34.7 Å². The Balaban J connectivity index is 1.56. The predicted octanol–water partition coefficient (Wildman–Crippen LogP) is 4.13. The number of carbonyl (C=O) groups is 1. The van der Waals surface area contributed by atoms with E-state index in [2.05, 4.69) is 4.98 Å². The van der Waals surface area contributed by atoms with Gasteiger partial charge in [-0.15, -0.1) is 11.3 Å². The SMILES string of the molecule is COc1cc(N2Cc3cc(-c4ccccn4)sc3C2=O)ccc1OCC(C)(C)O. The largest absolute Gasteiger partial charge is 0.493 e. The van der Waals surface area contributed by atoms with Crippen molar-refractivity contribution in [2.45, 2.75) is 26.0 Å². The smallest absolute Gasteiger partial charge is 0.269 e. The van der Waals surface area contributed by atoms with Crippen molar-refractivity contribution in [1.29, 1.82) is 0 Å². The first-order chi connectivity index (χ1) is 13.9. The third-order valence-corrected chi connectivity index (χ3v) is 5.72. The fourth-order valence-electron chi connectivity index (χ4n) is 3.13. The second-order valence-corrected chi connectivity index (χ2v) is 8.56. The summed E-state index contributed by atoms with van der Waals surface area (Å²) in [4.78, 5) is 20.8. The van der Waals surface area contributed by atoms with E-state index >= 15 is 0 Å². The monoisotopic (exact) mass is 410 g/mol. The normalized spacial score (nSPS) is 13.5. The van der Waals surface area contributed by atoms with E-state index in [0.29, 0.717) is 18.0 Å². The van der Waals surface area contributed by atoms with Crippen molar-refractivity contribution >= 4 is 22.9 Å². The number of benzene rings is 1. The van der Waals surface area contributed by atoms with Crippen LogP contribution in [0.3, 0.4) is 0 Å². The summed E-state index contributed by atoms with van der Waals surface area (Å²) in [5.74, 6) is 1.01. The molecule has 0 radical (unpaired) electrons. The lowest BCUT2D eigenvalue weighted by atomic mass is 10.2. The Bertz CT molecular complexity index is 1040. The summed E-state index contributed by atoms with van der Waals surface area (Å²) in [6.07, 6.45) is 1.75. The van der Waals surface area contributed by atoms with E-state index in [1.165, 1.54) is 11.3 Å². The number of hydrogen-bond donors (Lipinski definition) is 1. The van der Waals surface area contributed by atoms with Gasteiger partial charge < -0.3 is 19.5 Å². The number of ether oxygens (including phenoxy) is 2. The number of pyridine rings is 1. The molecule has 0 unspecified atom stereocenters. The van der Waals surface area contributed by atoms with Gasteiger partial charge in [0, 0.05) is 18.0 Å². The quantitative estimate of drug-likeness (QED) is 0.662. The van der Waals surface area contributed by atoms with Crippen LogP contribution >= 0.6 is 11.3 Å². The number of anilines is 1. The van der Waals surface area contributed by atoms with Gasteiger partial charge in [0.2, 0.25) is 0 Å². The molecule has 0 bridgehead atoms. The van der Waals surface area contributed by atoms with Gasteiger partial charge in [-0.1, -0.05) is 6.07 Å². The number of amides is 1. The van der Waals surface area contributed by atoms with Crippen LogP contribution in [-0.2, 0) is 6.54 Å². The Kier molecular flexibility index (Phi) is 5.02. The topological polar surface area (TPSA) is 71.9 Å². The number of fused-ring (bicyclic) bond motifs is 1. The van der Waals surface area contributed by atoms with Gasteiger partial charge in [-0.05, 0) is 49.7 Å². The Morgan fingerprint density at radius 1 is 1.21 bits per heavy atom. The van der Waals surface area contributed by atoms with Crippen LogP contribution in [-0.4, -0.2) is 35.3 Å². The summed E-state index contributed by atoms with van der Waals surface area (Å²) in [5.41, 5.74) is 1.67. The van der Waals surface area contributed by atoms with E-state index in [0.717, 1.165) is 26.7 Å². The molecular formula is C22H22N2O4S. The summed E-state index contributed by atoms with van der Waals surface area (Å²) in [6.45, 7) is 3.99. The Labute approximate surface area is 173 Å². The van der Waals surface area contributed by atoms with Crippen molar-refractivity contribution in [3.63, 3.8) is 0 Å². The molecule has 0 saturated heterocycles. The first-order valence-electron chi connectivity index (χ1n) is 9.25. The maximum atomic E-state index is 13.0. The van der Waals surface area contributed by atoms with Crippen LogP contribution in [0.2, 0.25) is 0 Å².